The number of hydrogen-bond acceptors (Lipinski definition) is 5. The highest BCUT2D eigenvalue weighted by Crippen LogP contribution is 2.20. The van der Waals surface area contributed by atoms with Crippen molar-refractivity contribution in [2.75, 3.05) is 0 Å². The summed E-state index contributed by atoms with van der Waals surface area (Å²) >= 11 is 1.39. The molecule has 0 radical (unpaired) electrons. The van der Waals surface area contributed by atoms with Crippen molar-refractivity contribution in [1.29, 1.82) is 0 Å². The largest absolute Gasteiger partial charge is 0.331 e. The number of aryl methyl sites for hydroxylation is 1. The maximum atomic E-state index is 13.0. The number of para-hydroxylation sites is 1. The Kier molecular flexibility index (Phi) is 5.18. The first-order valence-corrected chi connectivity index (χ1v) is 9.39. The zero-order valence-corrected chi connectivity index (χ0v) is 15.8. The Balaban J connectivity index is 2.16. The fraction of sp³-hybridized carbons (Fsp3) is 0.368. The predicted molar refractivity (Wildman–Crippen MR) is 103 cm³/mol. The molecule has 7 heteroatoms. The summed E-state index contributed by atoms with van der Waals surface area (Å²) in [7, 11) is 1.62. The molecule has 0 aliphatic heterocycles. The molecule has 26 heavy (non-hydrogen) atoms. The number of thiazole rings is 1. The van der Waals surface area contributed by atoms with E-state index < -0.39 is 17.3 Å². The molecule has 1 aromatic carbocycles. The Bertz CT molecular complexity index is 1050. The third-order valence-electron chi connectivity index (χ3n) is 4.39. The lowest BCUT2D eigenvalue weighted by atomic mass is 9.98. The summed E-state index contributed by atoms with van der Waals surface area (Å²) in [6.45, 7) is 3.94. The van der Waals surface area contributed by atoms with Gasteiger partial charge in [-0.05, 0) is 24.5 Å². The van der Waals surface area contributed by atoms with Crippen molar-refractivity contribution < 1.29 is 4.79 Å². The van der Waals surface area contributed by atoms with Crippen LogP contribution in [0.1, 0.15) is 31.3 Å². The van der Waals surface area contributed by atoms with Gasteiger partial charge in [0.25, 0.3) is 5.56 Å². The van der Waals surface area contributed by atoms with Gasteiger partial charge in [0.2, 0.25) is 0 Å². The zero-order valence-electron chi connectivity index (χ0n) is 15.0. The molecule has 0 N–H and O–H groups in total. The van der Waals surface area contributed by atoms with Crippen molar-refractivity contribution in [3.05, 3.63) is 61.7 Å². The van der Waals surface area contributed by atoms with Crippen LogP contribution in [0.25, 0.3) is 10.9 Å². The molecule has 0 saturated heterocycles. The Labute approximate surface area is 154 Å². The topological polar surface area (TPSA) is 74.0 Å². The summed E-state index contributed by atoms with van der Waals surface area (Å²) in [5, 5.41) is 2.93. The van der Waals surface area contributed by atoms with Gasteiger partial charge in [-0.1, -0.05) is 26.0 Å². The number of carbonyl (C=O) groups is 1. The van der Waals surface area contributed by atoms with Crippen LogP contribution >= 0.6 is 11.3 Å². The van der Waals surface area contributed by atoms with E-state index in [1.807, 2.05) is 13.8 Å². The van der Waals surface area contributed by atoms with Crippen LogP contribution in [-0.2, 0) is 18.3 Å². The summed E-state index contributed by atoms with van der Waals surface area (Å²) in [5.74, 6) is -0.00791. The van der Waals surface area contributed by atoms with Gasteiger partial charge in [0, 0.05) is 18.6 Å². The number of carbonyl (C=O) groups excluding carboxylic acids is 1. The molecule has 0 unspecified atom stereocenters. The number of nitrogens with zero attached hydrogens (tertiary/aromatic N) is 3. The van der Waals surface area contributed by atoms with Crippen molar-refractivity contribution in [2.24, 2.45) is 13.0 Å². The number of aromatic nitrogens is 3. The molecule has 0 fully saturated rings. The van der Waals surface area contributed by atoms with Crippen LogP contribution in [-0.4, -0.2) is 19.9 Å². The number of benzene rings is 1. The van der Waals surface area contributed by atoms with Crippen LogP contribution in [0.15, 0.2) is 45.4 Å². The third-order valence-corrected chi connectivity index (χ3v) is 5.17. The zero-order chi connectivity index (χ0) is 18.8. The van der Waals surface area contributed by atoms with Gasteiger partial charge in [0.05, 0.1) is 22.3 Å². The monoisotopic (exact) mass is 371 g/mol. The standard InChI is InChI=1S/C19H21N3O3S/c1-12(2)10-15(16(23)11-17-20-8-9-26-17)22-18(24)13-6-4-5-7-14(13)21(3)19(22)25/h4-9,12,15H,10-11H2,1-3H3/t15-/m0/s1. The number of hydrogen-bond donors (Lipinski definition) is 0. The molecule has 2 aromatic heterocycles. The smallest absolute Gasteiger partial charge is 0.297 e. The van der Waals surface area contributed by atoms with Gasteiger partial charge in [0.1, 0.15) is 6.04 Å². The van der Waals surface area contributed by atoms with Crippen LogP contribution in [0.5, 0.6) is 0 Å². The summed E-state index contributed by atoms with van der Waals surface area (Å²) in [4.78, 5) is 43.0. The Morgan fingerprint density at radius 3 is 2.62 bits per heavy atom. The summed E-state index contributed by atoms with van der Waals surface area (Å²) in [6.07, 6.45) is 2.20. The molecule has 0 aliphatic rings. The third kappa shape index (κ3) is 3.39. The average molecular weight is 371 g/mol. The van der Waals surface area contributed by atoms with Gasteiger partial charge in [-0.2, -0.15) is 0 Å². The number of ketones is 1. The van der Waals surface area contributed by atoms with Crippen molar-refractivity contribution in [3.8, 4) is 0 Å². The van der Waals surface area contributed by atoms with Gasteiger partial charge < -0.3 is 0 Å². The Morgan fingerprint density at radius 1 is 1.23 bits per heavy atom. The minimum atomic E-state index is -0.797. The van der Waals surface area contributed by atoms with E-state index in [1.54, 1.807) is 42.9 Å². The van der Waals surface area contributed by atoms with Gasteiger partial charge in [-0.3, -0.25) is 14.2 Å². The maximum Gasteiger partial charge on any atom is 0.331 e. The molecule has 0 saturated carbocycles. The normalized spacial score (nSPS) is 12.6. The molecular weight excluding hydrogens is 350 g/mol. The molecule has 3 aromatic rings. The van der Waals surface area contributed by atoms with Crippen LogP contribution in [0, 0.1) is 5.92 Å². The highest BCUT2D eigenvalue weighted by Gasteiger charge is 2.27. The van der Waals surface area contributed by atoms with Crippen LogP contribution < -0.4 is 11.2 Å². The van der Waals surface area contributed by atoms with Crippen molar-refractivity contribution in [3.63, 3.8) is 0 Å². The lowest BCUT2D eigenvalue weighted by molar-refractivity contribution is -0.122. The minimum absolute atomic E-state index is 0.122. The van der Waals surface area contributed by atoms with E-state index >= 15 is 0 Å². The average Bonchev–Trinajstić information content (AvgIpc) is 3.11. The molecule has 1 atom stereocenters. The highest BCUT2D eigenvalue weighted by atomic mass is 32.1. The molecular formula is C19H21N3O3S. The van der Waals surface area contributed by atoms with Gasteiger partial charge in [-0.15, -0.1) is 11.3 Å². The van der Waals surface area contributed by atoms with Gasteiger partial charge >= 0.3 is 5.69 Å². The molecule has 0 amide bonds. The van der Waals surface area contributed by atoms with E-state index in [1.165, 1.54) is 15.9 Å². The SMILES string of the molecule is CC(C)C[C@@H](C(=O)Cc1nccs1)n1c(=O)c2ccccc2n(C)c1=O. The highest BCUT2D eigenvalue weighted by molar-refractivity contribution is 7.09. The molecule has 0 spiro atoms. The van der Waals surface area contributed by atoms with E-state index in [9.17, 15) is 14.4 Å². The first-order chi connectivity index (χ1) is 12.4. The number of rotatable bonds is 6. The maximum absolute atomic E-state index is 13.0. The van der Waals surface area contributed by atoms with Crippen LogP contribution in [0.2, 0.25) is 0 Å². The summed E-state index contributed by atoms with van der Waals surface area (Å²) in [5.41, 5.74) is -0.317. The Morgan fingerprint density at radius 2 is 1.96 bits per heavy atom. The lowest BCUT2D eigenvalue weighted by Gasteiger charge is -2.21. The van der Waals surface area contributed by atoms with E-state index in [-0.39, 0.29) is 18.1 Å². The second-order valence-corrected chi connectivity index (χ2v) is 7.73. The van der Waals surface area contributed by atoms with Crippen LogP contribution in [0.4, 0.5) is 0 Å². The van der Waals surface area contributed by atoms with E-state index in [4.69, 9.17) is 0 Å². The molecule has 2 heterocycles. The second kappa shape index (κ2) is 7.37. The molecule has 6 nitrogen and oxygen atoms in total. The van der Waals surface area contributed by atoms with Crippen LogP contribution in [0.3, 0.4) is 0 Å². The predicted octanol–water partition coefficient (Wildman–Crippen LogP) is 2.56. The molecule has 0 aliphatic carbocycles. The number of fused-ring (bicyclic) bond motifs is 1. The van der Waals surface area contributed by atoms with Gasteiger partial charge in [0.15, 0.2) is 5.78 Å². The van der Waals surface area contributed by atoms with Gasteiger partial charge in [-0.25, -0.2) is 14.3 Å². The lowest BCUT2D eigenvalue weighted by Crippen LogP contribution is -2.44. The Hall–Kier alpha value is -2.54. The van der Waals surface area contributed by atoms with E-state index in [2.05, 4.69) is 4.98 Å². The summed E-state index contributed by atoms with van der Waals surface area (Å²) < 4.78 is 2.55. The fourth-order valence-corrected chi connectivity index (χ4v) is 3.76. The molecule has 3 rings (SSSR count). The van der Waals surface area contributed by atoms with Crippen molar-refractivity contribution in [2.45, 2.75) is 32.7 Å². The first-order valence-electron chi connectivity index (χ1n) is 8.51. The quantitative estimate of drug-likeness (QED) is 0.667. The first kappa shape index (κ1) is 18.3. The van der Waals surface area contributed by atoms with E-state index in [0.29, 0.717) is 22.3 Å². The van der Waals surface area contributed by atoms with E-state index in [0.717, 1.165) is 4.57 Å². The fourth-order valence-electron chi connectivity index (χ4n) is 3.14. The minimum Gasteiger partial charge on any atom is -0.297 e. The molecule has 136 valence electrons. The second-order valence-electron chi connectivity index (χ2n) is 6.75. The summed E-state index contributed by atoms with van der Waals surface area (Å²) in [6, 6.07) is 6.16. The molecule has 0 bridgehead atoms. The van der Waals surface area contributed by atoms with Crippen molar-refractivity contribution >= 4 is 28.0 Å². The number of Topliss-reactive ketones (excluding diaryl/α,β-unsaturated/α-hetero) is 1. The van der Waals surface area contributed by atoms with Crippen molar-refractivity contribution in [1.82, 2.24) is 14.1 Å².